The number of sulfonamides is 1. The van der Waals surface area contributed by atoms with Crippen molar-refractivity contribution in [2.24, 2.45) is 0 Å². The summed E-state index contributed by atoms with van der Waals surface area (Å²) in [5.74, 6) is -1.22. The Morgan fingerprint density at radius 3 is 2.81 bits per heavy atom. The minimum absolute atomic E-state index is 0.0276. The van der Waals surface area contributed by atoms with Crippen molar-refractivity contribution >= 4 is 27.5 Å². The lowest BCUT2D eigenvalue weighted by atomic mass is 10.1. The molecular weight excluding hydrogens is 375 g/mol. The van der Waals surface area contributed by atoms with Gasteiger partial charge in [-0.25, -0.2) is 12.8 Å². The molecule has 1 unspecified atom stereocenters. The number of carbonyl (C=O) groups excluding carboxylic acids is 2. The van der Waals surface area contributed by atoms with Crippen molar-refractivity contribution in [2.75, 3.05) is 38.0 Å². The number of carbonyl (C=O) groups is 2. The van der Waals surface area contributed by atoms with E-state index in [-0.39, 0.29) is 35.6 Å². The topological polar surface area (TPSA) is 98.8 Å². The second-order valence-electron chi connectivity index (χ2n) is 6.75. The first-order valence-corrected chi connectivity index (χ1v) is 10.3. The number of piperidine rings is 1. The van der Waals surface area contributed by atoms with E-state index in [0.29, 0.717) is 26.1 Å². The molecule has 2 saturated heterocycles. The normalized spacial score (nSPS) is 21.9. The van der Waals surface area contributed by atoms with Crippen molar-refractivity contribution in [2.45, 2.75) is 30.7 Å². The van der Waals surface area contributed by atoms with Crippen molar-refractivity contribution in [3.05, 3.63) is 24.0 Å². The molecule has 2 heterocycles. The first-order chi connectivity index (χ1) is 12.8. The standard InChI is InChI=1S/C17H23FN4O4S/c1-12(23)20-16-9-14(4-5-15(16)18)27(25,26)21-7-2-3-13(11-21)22-8-6-19-10-17(22)24/h4-5,9,13,19H,2-3,6-8,10-11H2,1H3,(H,20,23). The van der Waals surface area contributed by atoms with Gasteiger partial charge in [0.05, 0.1) is 17.1 Å². The average molecular weight is 398 g/mol. The highest BCUT2D eigenvalue weighted by Crippen LogP contribution is 2.26. The lowest BCUT2D eigenvalue weighted by Gasteiger charge is -2.40. The van der Waals surface area contributed by atoms with E-state index in [1.54, 1.807) is 4.90 Å². The van der Waals surface area contributed by atoms with Crippen molar-refractivity contribution in [3.63, 3.8) is 0 Å². The Morgan fingerprint density at radius 1 is 1.33 bits per heavy atom. The number of nitrogens with zero attached hydrogens (tertiary/aromatic N) is 2. The zero-order valence-electron chi connectivity index (χ0n) is 15.1. The van der Waals surface area contributed by atoms with Crippen LogP contribution in [0.2, 0.25) is 0 Å². The smallest absolute Gasteiger partial charge is 0.243 e. The molecule has 2 aliphatic rings. The Balaban J connectivity index is 1.82. The van der Waals surface area contributed by atoms with Gasteiger partial charge < -0.3 is 15.5 Å². The van der Waals surface area contributed by atoms with E-state index in [1.807, 2.05) is 0 Å². The maximum absolute atomic E-state index is 13.8. The molecule has 3 rings (SSSR count). The zero-order valence-corrected chi connectivity index (χ0v) is 15.9. The van der Waals surface area contributed by atoms with Crippen LogP contribution in [0, 0.1) is 5.82 Å². The number of hydrogen-bond acceptors (Lipinski definition) is 5. The fraction of sp³-hybridized carbons (Fsp3) is 0.529. The third-order valence-corrected chi connectivity index (χ3v) is 6.67. The van der Waals surface area contributed by atoms with Crippen molar-refractivity contribution in [1.82, 2.24) is 14.5 Å². The molecule has 1 aromatic rings. The van der Waals surface area contributed by atoms with Gasteiger partial charge in [0.2, 0.25) is 21.8 Å². The largest absolute Gasteiger partial charge is 0.336 e. The molecule has 0 radical (unpaired) electrons. The summed E-state index contributed by atoms with van der Waals surface area (Å²) in [6.45, 7) is 3.28. The third kappa shape index (κ3) is 4.28. The Kier molecular flexibility index (Phi) is 5.78. The predicted octanol–water partition coefficient (Wildman–Crippen LogP) is 0.369. The van der Waals surface area contributed by atoms with Gasteiger partial charge in [-0.15, -0.1) is 0 Å². The van der Waals surface area contributed by atoms with Crippen molar-refractivity contribution in [3.8, 4) is 0 Å². The van der Waals surface area contributed by atoms with Gasteiger partial charge in [0.25, 0.3) is 0 Å². The summed E-state index contributed by atoms with van der Waals surface area (Å²) in [5.41, 5.74) is -0.172. The minimum atomic E-state index is -3.86. The number of rotatable bonds is 4. The summed E-state index contributed by atoms with van der Waals surface area (Å²) in [6.07, 6.45) is 1.39. The highest BCUT2D eigenvalue weighted by atomic mass is 32.2. The van der Waals surface area contributed by atoms with E-state index < -0.39 is 21.7 Å². The summed E-state index contributed by atoms with van der Waals surface area (Å²) in [6, 6.07) is 3.18. The second-order valence-corrected chi connectivity index (χ2v) is 8.68. The molecular formula is C17H23FN4O4S. The summed E-state index contributed by atoms with van der Waals surface area (Å²) in [4.78, 5) is 25.0. The SMILES string of the molecule is CC(=O)Nc1cc(S(=O)(=O)N2CCCC(N3CCNCC3=O)C2)ccc1F. The molecule has 8 nitrogen and oxygen atoms in total. The van der Waals surface area contributed by atoms with Crippen molar-refractivity contribution < 1.29 is 22.4 Å². The van der Waals surface area contributed by atoms with Crippen LogP contribution in [0.1, 0.15) is 19.8 Å². The van der Waals surface area contributed by atoms with Crippen LogP contribution in [-0.2, 0) is 19.6 Å². The molecule has 1 aromatic carbocycles. The fourth-order valence-corrected chi connectivity index (χ4v) is 5.04. The predicted molar refractivity (Wildman–Crippen MR) is 97.1 cm³/mol. The third-order valence-electron chi connectivity index (χ3n) is 4.81. The van der Waals surface area contributed by atoms with Gasteiger partial charge in [-0.2, -0.15) is 4.31 Å². The quantitative estimate of drug-likeness (QED) is 0.764. The Morgan fingerprint density at radius 2 is 2.11 bits per heavy atom. The van der Waals surface area contributed by atoms with Crippen LogP contribution in [0.4, 0.5) is 10.1 Å². The van der Waals surface area contributed by atoms with E-state index >= 15 is 0 Å². The molecule has 2 fully saturated rings. The van der Waals surface area contributed by atoms with Crippen LogP contribution < -0.4 is 10.6 Å². The molecule has 0 saturated carbocycles. The van der Waals surface area contributed by atoms with Crippen LogP contribution >= 0.6 is 0 Å². The number of nitrogens with one attached hydrogen (secondary N) is 2. The van der Waals surface area contributed by atoms with Crippen LogP contribution in [0.25, 0.3) is 0 Å². The fourth-order valence-electron chi connectivity index (χ4n) is 3.50. The van der Waals surface area contributed by atoms with Gasteiger partial charge in [-0.3, -0.25) is 9.59 Å². The van der Waals surface area contributed by atoms with E-state index in [0.717, 1.165) is 18.6 Å². The maximum Gasteiger partial charge on any atom is 0.243 e. The average Bonchev–Trinajstić information content (AvgIpc) is 2.63. The molecule has 2 N–H and O–H groups in total. The first-order valence-electron chi connectivity index (χ1n) is 8.86. The van der Waals surface area contributed by atoms with Crippen LogP contribution in [-0.4, -0.2) is 68.2 Å². The zero-order chi connectivity index (χ0) is 19.6. The molecule has 2 aliphatic heterocycles. The Hall–Kier alpha value is -2.04. The van der Waals surface area contributed by atoms with Gasteiger partial charge in [-0.1, -0.05) is 0 Å². The number of amides is 2. The summed E-state index contributed by atoms with van der Waals surface area (Å²) < 4.78 is 41.2. The molecule has 0 aliphatic carbocycles. The molecule has 27 heavy (non-hydrogen) atoms. The first kappa shape index (κ1) is 19.7. The van der Waals surface area contributed by atoms with Gasteiger partial charge in [-0.05, 0) is 31.0 Å². The van der Waals surface area contributed by atoms with Crippen LogP contribution in [0.15, 0.2) is 23.1 Å². The lowest BCUT2D eigenvalue weighted by Crippen LogP contribution is -2.57. The van der Waals surface area contributed by atoms with Crippen molar-refractivity contribution in [1.29, 1.82) is 0 Å². The monoisotopic (exact) mass is 398 g/mol. The second kappa shape index (κ2) is 7.91. The molecule has 0 spiro atoms. The van der Waals surface area contributed by atoms with Gasteiger partial charge in [0, 0.05) is 39.1 Å². The molecule has 0 bridgehead atoms. The Labute approximate surface area is 157 Å². The summed E-state index contributed by atoms with van der Waals surface area (Å²) in [5, 5.41) is 5.30. The number of benzene rings is 1. The lowest BCUT2D eigenvalue weighted by molar-refractivity contribution is -0.135. The number of anilines is 1. The van der Waals surface area contributed by atoms with Gasteiger partial charge in [0.15, 0.2) is 0 Å². The highest BCUT2D eigenvalue weighted by molar-refractivity contribution is 7.89. The van der Waals surface area contributed by atoms with Gasteiger partial charge >= 0.3 is 0 Å². The van der Waals surface area contributed by atoms with E-state index in [9.17, 15) is 22.4 Å². The van der Waals surface area contributed by atoms with E-state index in [1.165, 1.54) is 17.3 Å². The number of piperazine rings is 1. The summed E-state index contributed by atoms with van der Waals surface area (Å²) >= 11 is 0. The van der Waals surface area contributed by atoms with Gasteiger partial charge in [0.1, 0.15) is 5.82 Å². The molecule has 0 aromatic heterocycles. The highest BCUT2D eigenvalue weighted by Gasteiger charge is 2.35. The van der Waals surface area contributed by atoms with E-state index in [4.69, 9.17) is 0 Å². The molecule has 1 atom stereocenters. The van der Waals surface area contributed by atoms with Crippen LogP contribution in [0.3, 0.4) is 0 Å². The summed E-state index contributed by atoms with van der Waals surface area (Å²) in [7, 11) is -3.86. The maximum atomic E-state index is 13.8. The minimum Gasteiger partial charge on any atom is -0.336 e. The Bertz CT molecular complexity index is 845. The molecule has 148 valence electrons. The molecule has 10 heteroatoms. The number of halogens is 1. The van der Waals surface area contributed by atoms with Crippen LogP contribution in [0.5, 0.6) is 0 Å². The molecule has 2 amide bonds. The van der Waals surface area contributed by atoms with E-state index in [2.05, 4.69) is 10.6 Å². The number of hydrogen-bond donors (Lipinski definition) is 2.